The van der Waals surface area contributed by atoms with Crippen molar-refractivity contribution in [2.45, 2.75) is 64.2 Å². The summed E-state index contributed by atoms with van der Waals surface area (Å²) in [5.41, 5.74) is 0.914. The van der Waals surface area contributed by atoms with E-state index in [1.807, 2.05) is 32.4 Å². The number of amides is 2. The van der Waals surface area contributed by atoms with E-state index in [9.17, 15) is 23.6 Å². The van der Waals surface area contributed by atoms with Crippen LogP contribution in [0, 0.1) is 11.3 Å². The van der Waals surface area contributed by atoms with Gasteiger partial charge < -0.3 is 14.8 Å². The number of anilines is 1. The van der Waals surface area contributed by atoms with Crippen molar-refractivity contribution in [2.24, 2.45) is 0 Å². The first-order valence-electron chi connectivity index (χ1n) is 9.36. The molecule has 0 aliphatic rings. The summed E-state index contributed by atoms with van der Waals surface area (Å²) >= 11 is 0. The minimum absolute atomic E-state index is 0.0243. The van der Waals surface area contributed by atoms with E-state index in [1.54, 1.807) is 12.1 Å². The number of benzene rings is 1. The van der Waals surface area contributed by atoms with E-state index in [4.69, 9.17) is 4.42 Å². The maximum absolute atomic E-state index is 12.5. The molecule has 1 aromatic carbocycles. The van der Waals surface area contributed by atoms with Crippen LogP contribution in [0.25, 0.3) is 0 Å². The number of nitrogens with one attached hydrogen (secondary N) is 2. The normalized spacial score (nSPS) is 12.1. The van der Waals surface area contributed by atoms with Crippen LogP contribution in [0.2, 0.25) is 0 Å². The molecule has 3 N–H and O–H groups in total. The number of nitrogens with zero attached hydrogens (tertiary/aromatic N) is 2. The van der Waals surface area contributed by atoms with Gasteiger partial charge in [0.25, 0.3) is 0 Å². The average molecular weight is 435 g/mol. The quantitative estimate of drug-likeness (QED) is 0.630. The van der Waals surface area contributed by atoms with Crippen LogP contribution in [0.4, 0.5) is 10.5 Å². The van der Waals surface area contributed by atoms with Gasteiger partial charge in [0.15, 0.2) is 5.76 Å². The van der Waals surface area contributed by atoms with Gasteiger partial charge in [-0.3, -0.25) is 0 Å². The lowest BCUT2D eigenvalue weighted by Gasteiger charge is -2.21. The Hall–Kier alpha value is -2.90. The Kier molecular flexibility index (Phi) is 6.59. The van der Waals surface area contributed by atoms with Gasteiger partial charge in [0, 0.05) is 5.69 Å². The number of sulfonamides is 1. The molecule has 1 heterocycles. The van der Waals surface area contributed by atoms with Gasteiger partial charge in [-0.2, -0.15) is 13.7 Å². The van der Waals surface area contributed by atoms with E-state index >= 15 is 0 Å². The summed E-state index contributed by atoms with van der Waals surface area (Å²) in [4.78, 5) is 16.2. The molecule has 30 heavy (non-hydrogen) atoms. The molecule has 0 saturated heterocycles. The average Bonchev–Trinajstić information content (AvgIpc) is 3.12. The molecule has 9 nitrogen and oxygen atoms in total. The van der Waals surface area contributed by atoms with E-state index in [0.29, 0.717) is 22.4 Å². The number of carbonyl (C=O) groups excluding carboxylic acids is 1. The Balaban J connectivity index is 2.36. The predicted octanol–water partition coefficient (Wildman–Crippen LogP) is 3.53. The van der Waals surface area contributed by atoms with E-state index in [2.05, 4.69) is 16.4 Å². The zero-order valence-corrected chi connectivity index (χ0v) is 18.6. The zero-order valence-electron chi connectivity index (χ0n) is 17.8. The molecule has 0 radical (unpaired) electrons. The first kappa shape index (κ1) is 23.4. The Morgan fingerprint density at radius 1 is 1.20 bits per heavy atom. The first-order valence-corrected chi connectivity index (χ1v) is 10.8. The summed E-state index contributed by atoms with van der Waals surface area (Å²) < 4.78 is 31.9. The lowest BCUT2D eigenvalue weighted by molar-refractivity contribution is 0.0500. The Morgan fingerprint density at radius 2 is 1.73 bits per heavy atom. The molecule has 0 spiro atoms. The number of hydrogen-bond donors (Lipinski definition) is 3. The number of rotatable bonds is 6. The predicted molar refractivity (Wildman–Crippen MR) is 110 cm³/mol. The second-order valence-electron chi connectivity index (χ2n) is 8.06. The van der Waals surface area contributed by atoms with Crippen molar-refractivity contribution in [1.29, 1.82) is 5.26 Å². The molecule has 0 atom stereocenters. The smallest absolute Gasteiger partial charge is 0.336 e. The molecule has 2 rings (SSSR count). The summed E-state index contributed by atoms with van der Waals surface area (Å²) in [6.45, 7) is 10.5. The lowest BCUT2D eigenvalue weighted by atomic mass is 9.90. The third-order valence-corrected chi connectivity index (χ3v) is 5.46. The molecule has 2 aromatic rings. The van der Waals surface area contributed by atoms with Crippen molar-refractivity contribution < 1.29 is 22.7 Å². The second-order valence-corrected chi connectivity index (χ2v) is 9.62. The summed E-state index contributed by atoms with van der Waals surface area (Å²) in [6, 6.07) is 4.45. The van der Waals surface area contributed by atoms with Gasteiger partial charge in [0.1, 0.15) is 5.60 Å². The van der Waals surface area contributed by atoms with Crippen LogP contribution in [-0.2, 0) is 15.6 Å². The highest BCUT2D eigenvalue weighted by Crippen LogP contribution is 2.34. The molecular formula is C20H26N4O5S. The highest BCUT2D eigenvalue weighted by Gasteiger charge is 2.29. The van der Waals surface area contributed by atoms with Crippen LogP contribution < -0.4 is 10.0 Å². The number of aliphatic hydroxyl groups is 1. The molecule has 0 saturated carbocycles. The van der Waals surface area contributed by atoms with E-state index in [0.717, 1.165) is 6.20 Å². The van der Waals surface area contributed by atoms with Crippen molar-refractivity contribution in [1.82, 2.24) is 9.71 Å². The fourth-order valence-corrected chi connectivity index (χ4v) is 3.55. The second kappa shape index (κ2) is 8.45. The molecule has 0 aliphatic heterocycles. The molecule has 0 aliphatic carbocycles. The summed E-state index contributed by atoms with van der Waals surface area (Å²) in [5, 5.41) is 21.1. The number of carbonyl (C=O) groups is 1. The number of aromatic nitrogens is 1. The Labute approximate surface area is 176 Å². The van der Waals surface area contributed by atoms with Crippen molar-refractivity contribution in [3.63, 3.8) is 0 Å². The van der Waals surface area contributed by atoms with Gasteiger partial charge in [-0.1, -0.05) is 27.7 Å². The number of nitriles is 1. The Bertz CT molecular complexity index is 1060. The third kappa shape index (κ3) is 5.17. The number of oxazole rings is 1. The SMILES string of the molecule is CC(C)c1cc(C#N)cc(C(C)C)c1NC(=O)NS(=O)(=O)c1ncc(C(C)(C)O)o1. The van der Waals surface area contributed by atoms with Gasteiger partial charge in [-0.15, -0.1) is 0 Å². The maximum Gasteiger partial charge on any atom is 0.336 e. The minimum atomic E-state index is -4.40. The third-order valence-electron chi connectivity index (χ3n) is 4.36. The summed E-state index contributed by atoms with van der Waals surface area (Å²) in [5.74, 6) is -0.104. The number of urea groups is 1. The van der Waals surface area contributed by atoms with Gasteiger partial charge in [0.2, 0.25) is 0 Å². The van der Waals surface area contributed by atoms with Crippen molar-refractivity contribution in [2.75, 3.05) is 5.32 Å². The largest absolute Gasteiger partial charge is 0.429 e. The molecular weight excluding hydrogens is 408 g/mol. The van der Waals surface area contributed by atoms with E-state index in [-0.39, 0.29) is 17.6 Å². The van der Waals surface area contributed by atoms with Crippen molar-refractivity contribution >= 4 is 21.7 Å². The van der Waals surface area contributed by atoms with Crippen LogP contribution >= 0.6 is 0 Å². The van der Waals surface area contributed by atoms with Crippen LogP contribution in [0.15, 0.2) is 28.0 Å². The summed E-state index contributed by atoms with van der Waals surface area (Å²) in [7, 11) is -4.40. The zero-order chi connectivity index (χ0) is 22.9. The fraction of sp³-hybridized carbons (Fsp3) is 0.450. The first-order chi connectivity index (χ1) is 13.8. The van der Waals surface area contributed by atoms with Crippen molar-refractivity contribution in [3.05, 3.63) is 40.8 Å². The number of hydrogen-bond acceptors (Lipinski definition) is 7. The van der Waals surface area contributed by atoms with Gasteiger partial charge in [-0.25, -0.2) is 14.5 Å². The monoisotopic (exact) mass is 434 g/mol. The standard InChI is InChI=1S/C20H26N4O5S/c1-11(2)14-7-13(9-21)8-15(12(3)4)17(14)23-18(25)24-30(27,28)19-22-10-16(29-19)20(5,6)26/h7-8,10-12,26H,1-6H3,(H2,23,24,25). The fourth-order valence-electron chi connectivity index (χ4n) is 2.78. The molecule has 0 unspecified atom stereocenters. The lowest BCUT2D eigenvalue weighted by Crippen LogP contribution is -2.35. The molecule has 1 aromatic heterocycles. The molecule has 2 amide bonds. The van der Waals surface area contributed by atoms with Gasteiger partial charge in [0.05, 0.1) is 17.8 Å². The van der Waals surface area contributed by atoms with Crippen LogP contribution in [0.5, 0.6) is 0 Å². The van der Waals surface area contributed by atoms with Crippen molar-refractivity contribution in [3.8, 4) is 6.07 Å². The highest BCUT2D eigenvalue weighted by atomic mass is 32.2. The topological polar surface area (TPSA) is 145 Å². The highest BCUT2D eigenvalue weighted by molar-refractivity contribution is 7.89. The Morgan fingerprint density at radius 3 is 2.13 bits per heavy atom. The van der Waals surface area contributed by atoms with E-state index < -0.39 is 26.9 Å². The van der Waals surface area contributed by atoms with Crippen LogP contribution in [0.1, 0.15) is 75.8 Å². The van der Waals surface area contributed by atoms with E-state index in [1.165, 1.54) is 13.8 Å². The van der Waals surface area contributed by atoms with Gasteiger partial charge >= 0.3 is 21.3 Å². The van der Waals surface area contributed by atoms with Gasteiger partial charge in [-0.05, 0) is 48.9 Å². The molecule has 10 heteroatoms. The minimum Gasteiger partial charge on any atom is -0.429 e. The molecule has 162 valence electrons. The van der Waals surface area contributed by atoms with Crippen LogP contribution in [-0.4, -0.2) is 24.5 Å². The van der Waals surface area contributed by atoms with Crippen LogP contribution in [0.3, 0.4) is 0 Å². The summed E-state index contributed by atoms with van der Waals surface area (Å²) in [6.07, 6.45) is 1.08. The maximum atomic E-state index is 12.5. The molecule has 0 bridgehead atoms. The molecule has 0 fully saturated rings.